The Labute approximate surface area is 157 Å². The van der Waals surface area contributed by atoms with Crippen LogP contribution >= 0.6 is 0 Å². The van der Waals surface area contributed by atoms with E-state index < -0.39 is 0 Å². The summed E-state index contributed by atoms with van der Waals surface area (Å²) in [5.74, 6) is 1.33. The summed E-state index contributed by atoms with van der Waals surface area (Å²) in [4.78, 5) is 24.4. The molecule has 0 saturated carbocycles. The minimum Gasteiger partial charge on any atom is -0.488 e. The molecule has 0 unspecified atom stereocenters. The summed E-state index contributed by atoms with van der Waals surface area (Å²) >= 11 is 0. The number of aromatic nitrogens is 1. The Kier molecular flexibility index (Phi) is 5.89. The molecule has 0 radical (unpaired) electrons. The first-order valence-corrected chi connectivity index (χ1v) is 8.61. The molecule has 0 saturated heterocycles. The highest BCUT2D eigenvalue weighted by Gasteiger charge is 2.08. The van der Waals surface area contributed by atoms with Crippen molar-refractivity contribution in [1.29, 1.82) is 0 Å². The van der Waals surface area contributed by atoms with E-state index in [-0.39, 0.29) is 23.8 Å². The maximum Gasteiger partial charge on any atom is 0.293 e. The Morgan fingerprint density at radius 2 is 1.67 bits per heavy atom. The summed E-state index contributed by atoms with van der Waals surface area (Å²) in [6.07, 6.45) is 1.56. The third kappa shape index (κ3) is 4.98. The number of hydrogen-bond acceptors (Lipinski definition) is 4. The fraction of sp³-hybridized carbons (Fsp3) is 0.143. The van der Waals surface area contributed by atoms with Crippen LogP contribution in [0.15, 0.2) is 77.7 Å². The number of carbonyl (C=O) groups excluding carboxylic acids is 1. The molecule has 6 nitrogen and oxygen atoms in total. The number of rotatable bonds is 7. The fourth-order valence-corrected chi connectivity index (χ4v) is 2.49. The molecule has 1 heterocycles. The van der Waals surface area contributed by atoms with E-state index in [9.17, 15) is 9.59 Å². The van der Waals surface area contributed by atoms with Crippen molar-refractivity contribution in [1.82, 2.24) is 4.57 Å². The molecule has 0 bridgehead atoms. The van der Waals surface area contributed by atoms with Gasteiger partial charge in [0.05, 0.1) is 6.61 Å². The lowest BCUT2D eigenvalue weighted by Crippen LogP contribution is -2.27. The Bertz CT molecular complexity index is 950. The third-order valence-electron chi connectivity index (χ3n) is 3.72. The number of carbonyl (C=O) groups is 1. The normalized spacial score (nSPS) is 10.3. The molecule has 3 aromatic rings. The first-order chi connectivity index (χ1) is 13.2. The van der Waals surface area contributed by atoms with Crippen molar-refractivity contribution < 1.29 is 14.3 Å². The zero-order valence-electron chi connectivity index (χ0n) is 14.9. The van der Waals surface area contributed by atoms with Crippen LogP contribution in [0.1, 0.15) is 6.92 Å². The Balaban J connectivity index is 1.61. The van der Waals surface area contributed by atoms with Gasteiger partial charge in [-0.05, 0) is 55.5 Å². The maximum absolute atomic E-state index is 12.2. The molecule has 0 atom stereocenters. The zero-order chi connectivity index (χ0) is 19.1. The van der Waals surface area contributed by atoms with Gasteiger partial charge in [-0.2, -0.15) is 0 Å². The van der Waals surface area contributed by atoms with E-state index in [1.807, 2.05) is 30.3 Å². The van der Waals surface area contributed by atoms with Gasteiger partial charge >= 0.3 is 0 Å². The van der Waals surface area contributed by atoms with E-state index in [1.54, 1.807) is 49.5 Å². The summed E-state index contributed by atoms with van der Waals surface area (Å²) < 4.78 is 12.3. The molecule has 0 aliphatic rings. The van der Waals surface area contributed by atoms with Gasteiger partial charge < -0.3 is 19.4 Å². The lowest BCUT2D eigenvalue weighted by Gasteiger charge is -2.10. The van der Waals surface area contributed by atoms with Gasteiger partial charge in [0.2, 0.25) is 5.91 Å². The number of pyridine rings is 1. The number of ether oxygens (including phenoxy) is 2. The summed E-state index contributed by atoms with van der Waals surface area (Å²) in [6, 6.07) is 19.7. The van der Waals surface area contributed by atoms with Crippen molar-refractivity contribution >= 4 is 11.6 Å². The summed E-state index contributed by atoms with van der Waals surface area (Å²) in [6.45, 7) is 2.10. The molecule has 1 N–H and O–H groups in total. The largest absolute Gasteiger partial charge is 0.488 e. The van der Waals surface area contributed by atoms with Gasteiger partial charge in [-0.1, -0.05) is 18.2 Å². The average Bonchev–Trinajstić information content (AvgIpc) is 2.67. The van der Waals surface area contributed by atoms with Crippen molar-refractivity contribution in [2.24, 2.45) is 0 Å². The molecule has 27 heavy (non-hydrogen) atoms. The van der Waals surface area contributed by atoms with E-state index in [2.05, 4.69) is 5.32 Å². The second-order valence-electron chi connectivity index (χ2n) is 5.73. The molecule has 0 aliphatic heterocycles. The van der Waals surface area contributed by atoms with Crippen LogP contribution in [0.3, 0.4) is 0 Å². The van der Waals surface area contributed by atoms with Gasteiger partial charge in [-0.15, -0.1) is 0 Å². The molecule has 0 fully saturated rings. The van der Waals surface area contributed by atoms with Crippen molar-refractivity contribution in [2.75, 3.05) is 11.9 Å². The zero-order valence-corrected chi connectivity index (χ0v) is 14.9. The van der Waals surface area contributed by atoms with E-state index in [0.29, 0.717) is 18.0 Å². The van der Waals surface area contributed by atoms with Crippen LogP contribution < -0.4 is 20.3 Å². The minimum absolute atomic E-state index is 0.0952. The van der Waals surface area contributed by atoms with Gasteiger partial charge in [0.25, 0.3) is 5.56 Å². The van der Waals surface area contributed by atoms with Gasteiger partial charge in [0.15, 0.2) is 5.75 Å². The molecule has 6 heteroatoms. The Morgan fingerprint density at radius 3 is 2.37 bits per heavy atom. The first kappa shape index (κ1) is 18.3. The van der Waals surface area contributed by atoms with E-state index in [0.717, 1.165) is 5.75 Å². The lowest BCUT2D eigenvalue weighted by atomic mass is 10.3. The molecule has 1 aromatic heterocycles. The quantitative estimate of drug-likeness (QED) is 0.694. The summed E-state index contributed by atoms with van der Waals surface area (Å²) in [5, 5.41) is 2.77. The molecule has 0 aliphatic carbocycles. The second-order valence-corrected chi connectivity index (χ2v) is 5.73. The van der Waals surface area contributed by atoms with Crippen LogP contribution in [0.4, 0.5) is 5.69 Å². The number of hydrogen-bond donors (Lipinski definition) is 1. The van der Waals surface area contributed by atoms with Gasteiger partial charge in [-0.3, -0.25) is 9.59 Å². The molecular formula is C21H20N2O4. The van der Waals surface area contributed by atoms with Crippen LogP contribution in [0.2, 0.25) is 0 Å². The Morgan fingerprint density at radius 1 is 0.963 bits per heavy atom. The van der Waals surface area contributed by atoms with Crippen molar-refractivity contribution in [3.63, 3.8) is 0 Å². The van der Waals surface area contributed by atoms with E-state index in [4.69, 9.17) is 9.47 Å². The molecule has 1 amide bonds. The van der Waals surface area contributed by atoms with Crippen molar-refractivity contribution in [2.45, 2.75) is 13.5 Å². The lowest BCUT2D eigenvalue weighted by molar-refractivity contribution is -0.116. The minimum atomic E-state index is -0.332. The number of nitrogens with one attached hydrogen (secondary N) is 1. The van der Waals surface area contributed by atoms with Gasteiger partial charge in [-0.25, -0.2) is 0 Å². The first-order valence-electron chi connectivity index (χ1n) is 8.61. The van der Waals surface area contributed by atoms with Crippen LogP contribution in [-0.2, 0) is 11.3 Å². The highest BCUT2D eigenvalue weighted by atomic mass is 16.5. The SMILES string of the molecule is CCOc1cccn(CC(=O)Nc2ccc(Oc3ccccc3)cc2)c1=O. The topological polar surface area (TPSA) is 69.6 Å². The van der Waals surface area contributed by atoms with E-state index >= 15 is 0 Å². The van der Waals surface area contributed by atoms with Crippen LogP contribution in [-0.4, -0.2) is 17.1 Å². The number of anilines is 1. The number of amides is 1. The number of benzene rings is 2. The highest BCUT2D eigenvalue weighted by molar-refractivity contribution is 5.90. The fourth-order valence-electron chi connectivity index (χ4n) is 2.49. The monoisotopic (exact) mass is 364 g/mol. The van der Waals surface area contributed by atoms with Crippen molar-refractivity contribution in [3.8, 4) is 17.2 Å². The third-order valence-corrected chi connectivity index (χ3v) is 3.72. The van der Waals surface area contributed by atoms with Gasteiger partial charge in [0, 0.05) is 11.9 Å². The van der Waals surface area contributed by atoms with Crippen LogP contribution in [0.25, 0.3) is 0 Å². The Hall–Kier alpha value is -3.54. The maximum atomic E-state index is 12.2. The average molecular weight is 364 g/mol. The molecule has 3 rings (SSSR count). The van der Waals surface area contributed by atoms with Crippen LogP contribution in [0.5, 0.6) is 17.2 Å². The molecular weight excluding hydrogens is 344 g/mol. The molecule has 2 aromatic carbocycles. The molecule has 138 valence electrons. The second kappa shape index (κ2) is 8.71. The molecule has 0 spiro atoms. The van der Waals surface area contributed by atoms with Gasteiger partial charge in [0.1, 0.15) is 18.0 Å². The number of para-hydroxylation sites is 1. The standard InChI is InChI=1S/C21H20N2O4/c1-2-26-19-9-6-14-23(21(19)25)15-20(24)22-16-10-12-18(13-11-16)27-17-7-4-3-5-8-17/h3-14H,2,15H2,1H3,(H,22,24). The summed E-state index contributed by atoms with van der Waals surface area (Å²) in [5.41, 5.74) is 0.288. The van der Waals surface area contributed by atoms with Crippen molar-refractivity contribution in [3.05, 3.63) is 83.3 Å². The van der Waals surface area contributed by atoms with E-state index in [1.165, 1.54) is 4.57 Å². The summed E-state index contributed by atoms with van der Waals surface area (Å²) in [7, 11) is 0. The highest BCUT2D eigenvalue weighted by Crippen LogP contribution is 2.22. The van der Waals surface area contributed by atoms with Crippen LogP contribution in [0, 0.1) is 0 Å². The predicted octanol–water partition coefficient (Wildman–Crippen LogP) is 3.68. The smallest absolute Gasteiger partial charge is 0.293 e. The number of nitrogens with zero attached hydrogens (tertiary/aromatic N) is 1. The predicted molar refractivity (Wildman–Crippen MR) is 103 cm³/mol.